The number of halogens is 3. The molecular formula is C31H24F3N5O3. The average molecular weight is 572 g/mol. The van der Waals surface area contributed by atoms with Crippen molar-refractivity contribution < 1.29 is 27.4 Å². The second-order valence-corrected chi connectivity index (χ2v) is 10.3. The molecule has 8 nitrogen and oxygen atoms in total. The van der Waals surface area contributed by atoms with Gasteiger partial charge in [0.25, 0.3) is 5.91 Å². The van der Waals surface area contributed by atoms with Gasteiger partial charge in [-0.25, -0.2) is 18.2 Å². The van der Waals surface area contributed by atoms with E-state index in [2.05, 4.69) is 15.0 Å². The molecule has 0 spiro atoms. The lowest BCUT2D eigenvalue weighted by Crippen LogP contribution is -2.38. The zero-order valence-corrected chi connectivity index (χ0v) is 22.2. The third kappa shape index (κ3) is 4.33. The number of rotatable bonds is 5. The van der Waals surface area contributed by atoms with Crippen LogP contribution in [-0.2, 0) is 24.5 Å². The molecule has 5 heterocycles. The summed E-state index contributed by atoms with van der Waals surface area (Å²) in [5, 5.41) is 0. The molecule has 11 heteroatoms. The molecule has 0 bridgehead atoms. The van der Waals surface area contributed by atoms with Crippen LogP contribution in [0.2, 0.25) is 0 Å². The minimum atomic E-state index is -0.797. The van der Waals surface area contributed by atoms with Crippen molar-refractivity contribution in [2.24, 2.45) is 0 Å². The van der Waals surface area contributed by atoms with E-state index in [4.69, 9.17) is 15.2 Å². The van der Waals surface area contributed by atoms with Crippen molar-refractivity contribution in [2.75, 3.05) is 12.3 Å². The van der Waals surface area contributed by atoms with E-state index in [0.29, 0.717) is 54.5 Å². The average Bonchev–Trinajstić information content (AvgIpc) is 3.64. The monoisotopic (exact) mass is 571 g/mol. The van der Waals surface area contributed by atoms with Gasteiger partial charge in [-0.05, 0) is 42.0 Å². The van der Waals surface area contributed by atoms with Crippen molar-refractivity contribution in [3.8, 4) is 16.9 Å². The van der Waals surface area contributed by atoms with Crippen LogP contribution >= 0.6 is 0 Å². The molecule has 42 heavy (non-hydrogen) atoms. The summed E-state index contributed by atoms with van der Waals surface area (Å²) in [4.78, 5) is 27.9. The molecule has 3 aromatic heterocycles. The van der Waals surface area contributed by atoms with Gasteiger partial charge in [0.2, 0.25) is 0 Å². The Morgan fingerprint density at radius 2 is 1.83 bits per heavy atom. The summed E-state index contributed by atoms with van der Waals surface area (Å²) in [6, 6.07) is 12.0. The standard InChI is InChI=1S/C31H24F3N5O3/c32-20-3-1-4-21(33)27(20)16-6-7-17(22(34)11-16)13-39(25-8-10-42-26-5-2-9-36-29(25)26)31(40)24-12-23-28(37-24)18-14-41-15-19(18)30(35)38-23/h1-7,9,11-12,25,37H,8,10,13-15H2,(H2,35,38)/t25-/m0/s1. The summed E-state index contributed by atoms with van der Waals surface area (Å²) in [6.07, 6.45) is 2.03. The van der Waals surface area contributed by atoms with E-state index in [1.165, 1.54) is 23.1 Å². The second-order valence-electron chi connectivity index (χ2n) is 10.3. The van der Waals surface area contributed by atoms with Crippen LogP contribution in [0, 0.1) is 17.5 Å². The Labute approximate surface area is 237 Å². The number of aromatic amines is 1. The summed E-state index contributed by atoms with van der Waals surface area (Å²) in [5.41, 5.74) is 9.65. The molecule has 1 amide bonds. The van der Waals surface area contributed by atoms with E-state index in [1.807, 2.05) is 0 Å². The molecule has 0 radical (unpaired) electrons. The molecule has 212 valence electrons. The Hall–Kier alpha value is -4.90. The lowest BCUT2D eigenvalue weighted by molar-refractivity contribution is 0.0587. The number of hydrogen-bond donors (Lipinski definition) is 2. The van der Waals surface area contributed by atoms with E-state index in [1.54, 1.807) is 24.4 Å². The Kier molecular flexibility index (Phi) is 6.31. The van der Waals surface area contributed by atoms with Crippen LogP contribution in [0.1, 0.15) is 45.3 Å². The lowest BCUT2D eigenvalue weighted by atomic mass is 10.00. The smallest absolute Gasteiger partial charge is 0.271 e. The number of hydrogen-bond acceptors (Lipinski definition) is 6. The molecule has 3 N–H and O–H groups in total. The number of anilines is 1. The number of aromatic nitrogens is 3. The van der Waals surface area contributed by atoms with Crippen LogP contribution in [-0.4, -0.2) is 32.4 Å². The first kappa shape index (κ1) is 26.0. The molecule has 2 aromatic carbocycles. The molecule has 0 fully saturated rings. The first-order chi connectivity index (χ1) is 20.4. The summed E-state index contributed by atoms with van der Waals surface area (Å²) >= 11 is 0. The summed E-state index contributed by atoms with van der Waals surface area (Å²) in [6.45, 7) is 0.872. The molecular weight excluding hydrogens is 547 g/mol. The minimum absolute atomic E-state index is 0.0539. The molecule has 2 aliphatic rings. The van der Waals surface area contributed by atoms with E-state index >= 15 is 4.39 Å². The third-order valence-corrected chi connectivity index (χ3v) is 7.78. The highest BCUT2D eigenvalue weighted by molar-refractivity contribution is 5.98. The number of H-pyrrole nitrogens is 1. The van der Waals surface area contributed by atoms with Gasteiger partial charge >= 0.3 is 0 Å². The zero-order valence-electron chi connectivity index (χ0n) is 22.2. The lowest BCUT2D eigenvalue weighted by Gasteiger charge is -2.35. The largest absolute Gasteiger partial charge is 0.491 e. The number of nitrogens with zero attached hydrogens (tertiary/aromatic N) is 3. The highest BCUT2D eigenvalue weighted by atomic mass is 19.1. The number of benzene rings is 2. The predicted octanol–water partition coefficient (Wildman–Crippen LogP) is 5.82. The van der Waals surface area contributed by atoms with Gasteiger partial charge in [-0.3, -0.25) is 9.78 Å². The quantitative estimate of drug-likeness (QED) is 0.275. The van der Waals surface area contributed by atoms with Gasteiger partial charge in [0, 0.05) is 35.9 Å². The van der Waals surface area contributed by atoms with Crippen molar-refractivity contribution in [3.05, 3.63) is 106 Å². The summed E-state index contributed by atoms with van der Waals surface area (Å²) < 4.78 is 55.7. The molecule has 0 aliphatic carbocycles. The van der Waals surface area contributed by atoms with Crippen molar-refractivity contribution in [3.63, 3.8) is 0 Å². The maximum Gasteiger partial charge on any atom is 0.271 e. The molecule has 2 aliphatic heterocycles. The Balaban J connectivity index is 1.30. The molecule has 5 aromatic rings. The Bertz CT molecular complexity index is 1850. The maximum atomic E-state index is 15.6. The Morgan fingerprint density at radius 1 is 1.02 bits per heavy atom. The van der Waals surface area contributed by atoms with E-state index in [9.17, 15) is 13.6 Å². The number of fused-ring (bicyclic) bond motifs is 4. The predicted molar refractivity (Wildman–Crippen MR) is 148 cm³/mol. The number of carbonyl (C=O) groups is 1. The van der Waals surface area contributed by atoms with E-state index in [0.717, 1.165) is 29.3 Å². The van der Waals surface area contributed by atoms with Gasteiger partial charge in [-0.2, -0.15) is 0 Å². The highest BCUT2D eigenvalue weighted by Gasteiger charge is 2.34. The maximum absolute atomic E-state index is 15.6. The van der Waals surface area contributed by atoms with Crippen molar-refractivity contribution in [1.82, 2.24) is 19.9 Å². The first-order valence-corrected chi connectivity index (χ1v) is 13.4. The highest BCUT2D eigenvalue weighted by Crippen LogP contribution is 2.38. The van der Waals surface area contributed by atoms with Gasteiger partial charge in [0.15, 0.2) is 0 Å². The van der Waals surface area contributed by atoms with Gasteiger partial charge in [-0.15, -0.1) is 0 Å². The van der Waals surface area contributed by atoms with E-state index < -0.39 is 29.4 Å². The zero-order chi connectivity index (χ0) is 29.0. The van der Waals surface area contributed by atoms with Crippen molar-refractivity contribution in [1.29, 1.82) is 0 Å². The fraction of sp³-hybridized carbons (Fsp3) is 0.194. The van der Waals surface area contributed by atoms with Gasteiger partial charge in [0.05, 0.1) is 42.5 Å². The number of pyridine rings is 2. The number of amides is 1. The number of nitrogens with one attached hydrogen (secondary N) is 1. The number of carbonyl (C=O) groups excluding carboxylic acids is 1. The number of nitrogens with two attached hydrogens (primary N) is 1. The second kappa shape index (κ2) is 10.2. The molecule has 0 saturated carbocycles. The molecule has 0 unspecified atom stereocenters. The summed E-state index contributed by atoms with van der Waals surface area (Å²) in [5.74, 6) is -1.82. The number of nitrogen functional groups attached to an aromatic ring is 1. The summed E-state index contributed by atoms with van der Waals surface area (Å²) in [7, 11) is 0. The van der Waals surface area contributed by atoms with Gasteiger partial charge < -0.3 is 25.1 Å². The Morgan fingerprint density at radius 3 is 2.64 bits per heavy atom. The SMILES string of the molecule is Nc1nc2cc(C(=O)N(Cc3ccc(-c4c(F)cccc4F)cc3F)[C@H]3CCOc4cccnc43)[nH]c2c2c1COC2. The molecule has 0 saturated heterocycles. The fourth-order valence-corrected chi connectivity index (χ4v) is 5.72. The van der Waals surface area contributed by atoms with Crippen LogP contribution in [0.5, 0.6) is 5.75 Å². The van der Waals surface area contributed by atoms with Gasteiger partial charge in [0.1, 0.15) is 40.4 Å². The fourth-order valence-electron chi connectivity index (χ4n) is 5.72. The van der Waals surface area contributed by atoms with E-state index in [-0.39, 0.29) is 28.9 Å². The van der Waals surface area contributed by atoms with Gasteiger partial charge in [-0.1, -0.05) is 18.2 Å². The minimum Gasteiger partial charge on any atom is -0.491 e. The van der Waals surface area contributed by atoms with Crippen LogP contribution < -0.4 is 10.5 Å². The van der Waals surface area contributed by atoms with Crippen molar-refractivity contribution >= 4 is 22.8 Å². The topological polar surface area (TPSA) is 106 Å². The van der Waals surface area contributed by atoms with Crippen LogP contribution in [0.3, 0.4) is 0 Å². The van der Waals surface area contributed by atoms with Crippen LogP contribution in [0.15, 0.2) is 60.8 Å². The normalized spacial score (nSPS) is 15.7. The molecule has 1 atom stereocenters. The number of ether oxygens (including phenoxy) is 2. The van der Waals surface area contributed by atoms with Crippen LogP contribution in [0.25, 0.3) is 22.2 Å². The third-order valence-electron chi connectivity index (χ3n) is 7.78. The molecule has 7 rings (SSSR count). The van der Waals surface area contributed by atoms with Crippen molar-refractivity contribution in [2.45, 2.75) is 32.2 Å². The van der Waals surface area contributed by atoms with Crippen LogP contribution in [0.4, 0.5) is 19.0 Å². The first-order valence-electron chi connectivity index (χ1n) is 13.4.